The Bertz CT molecular complexity index is 804. The van der Waals surface area contributed by atoms with E-state index in [0.717, 1.165) is 12.8 Å². The first kappa shape index (κ1) is 14.6. The van der Waals surface area contributed by atoms with Crippen LogP contribution in [0, 0.1) is 0 Å². The van der Waals surface area contributed by atoms with E-state index in [-0.39, 0.29) is 24.0 Å². The summed E-state index contributed by atoms with van der Waals surface area (Å²) in [7, 11) is 3.37. The van der Waals surface area contributed by atoms with Crippen molar-refractivity contribution >= 4 is 16.9 Å². The lowest BCUT2D eigenvalue weighted by molar-refractivity contribution is -0.236. The van der Waals surface area contributed by atoms with Crippen molar-refractivity contribution in [1.29, 1.82) is 0 Å². The zero-order valence-corrected chi connectivity index (χ0v) is 13.6. The van der Waals surface area contributed by atoms with Gasteiger partial charge in [-0.15, -0.1) is 0 Å². The molecule has 8 heteroatoms. The van der Waals surface area contributed by atoms with Crippen LogP contribution in [0.25, 0.3) is 11.2 Å². The van der Waals surface area contributed by atoms with Gasteiger partial charge in [0.2, 0.25) is 0 Å². The van der Waals surface area contributed by atoms with Gasteiger partial charge in [-0.25, -0.2) is 9.97 Å². The van der Waals surface area contributed by atoms with E-state index in [1.165, 1.54) is 0 Å². The number of hydrogen-bond donors (Lipinski definition) is 1. The number of nitrogen functional groups attached to an aromatic ring is 1. The predicted molar refractivity (Wildman–Crippen MR) is 84.3 cm³/mol. The van der Waals surface area contributed by atoms with Crippen LogP contribution in [0.1, 0.15) is 19.1 Å². The van der Waals surface area contributed by atoms with E-state index in [2.05, 4.69) is 9.97 Å². The first-order valence-electron chi connectivity index (χ1n) is 8.10. The predicted octanol–water partition coefficient (Wildman–Crippen LogP) is 0.874. The van der Waals surface area contributed by atoms with E-state index in [1.807, 2.05) is 4.57 Å². The van der Waals surface area contributed by atoms with Crippen LogP contribution in [0.3, 0.4) is 0 Å². The van der Waals surface area contributed by atoms with E-state index in [1.54, 1.807) is 32.8 Å². The second kappa shape index (κ2) is 4.66. The van der Waals surface area contributed by atoms with Crippen LogP contribution in [0.2, 0.25) is 0 Å². The highest BCUT2D eigenvalue weighted by atomic mass is 16.7. The summed E-state index contributed by atoms with van der Waals surface area (Å²) in [6.07, 6.45) is 4.53. The zero-order chi connectivity index (χ0) is 16.5. The monoisotopic (exact) mass is 332 g/mol. The summed E-state index contributed by atoms with van der Waals surface area (Å²) in [4.78, 5) is 8.80. The third kappa shape index (κ3) is 1.57. The molecule has 8 nitrogen and oxygen atoms in total. The van der Waals surface area contributed by atoms with Crippen molar-refractivity contribution in [2.24, 2.45) is 0 Å². The fraction of sp³-hybridized carbons (Fsp3) is 0.625. The number of imidazole rings is 1. The Balaban J connectivity index is 1.60. The van der Waals surface area contributed by atoms with Gasteiger partial charge in [-0.2, -0.15) is 0 Å². The van der Waals surface area contributed by atoms with Crippen LogP contribution in [0.5, 0.6) is 0 Å². The van der Waals surface area contributed by atoms with Crippen molar-refractivity contribution in [2.45, 2.75) is 42.5 Å². The van der Waals surface area contributed by atoms with Crippen molar-refractivity contribution in [3.63, 3.8) is 0 Å². The topological polar surface area (TPSA) is 93.7 Å². The van der Waals surface area contributed by atoms with Crippen LogP contribution in [-0.2, 0) is 18.9 Å². The number of aromatic nitrogens is 3. The maximum Gasteiger partial charge on any atom is 0.166 e. The largest absolute Gasteiger partial charge is 0.397 e. The smallest absolute Gasteiger partial charge is 0.166 e. The lowest BCUT2D eigenvalue weighted by atomic mass is 9.91. The minimum Gasteiger partial charge on any atom is -0.397 e. The Morgan fingerprint density at radius 1 is 1.33 bits per heavy atom. The quantitative estimate of drug-likeness (QED) is 0.888. The van der Waals surface area contributed by atoms with Gasteiger partial charge in [-0.1, -0.05) is 0 Å². The molecule has 2 saturated heterocycles. The molecule has 1 spiro atoms. The SMILES string of the molecule is COC[C@]12O[C@@H](n3cnc4c(N)ccnc43)C(OC13CC3)C2OC. The molecule has 1 aliphatic carbocycles. The van der Waals surface area contributed by atoms with Crippen molar-refractivity contribution in [3.8, 4) is 0 Å². The first-order chi connectivity index (χ1) is 11.7. The van der Waals surface area contributed by atoms with Gasteiger partial charge in [-0.3, -0.25) is 4.57 Å². The Morgan fingerprint density at radius 3 is 2.88 bits per heavy atom. The summed E-state index contributed by atoms with van der Waals surface area (Å²) in [6, 6.07) is 1.74. The molecule has 0 amide bonds. The maximum atomic E-state index is 6.53. The summed E-state index contributed by atoms with van der Waals surface area (Å²) < 4.78 is 26.1. The molecule has 2 N–H and O–H groups in total. The van der Waals surface area contributed by atoms with Gasteiger partial charge < -0.3 is 24.7 Å². The average Bonchev–Trinajstić information content (AvgIpc) is 3.00. The van der Waals surface area contributed by atoms with Crippen molar-refractivity contribution in [3.05, 3.63) is 18.6 Å². The molecule has 2 aromatic heterocycles. The molecule has 128 valence electrons. The van der Waals surface area contributed by atoms with Gasteiger partial charge in [0.25, 0.3) is 0 Å². The van der Waals surface area contributed by atoms with Gasteiger partial charge in [0.15, 0.2) is 17.5 Å². The number of methoxy groups -OCH3 is 2. The number of hydrogen-bond acceptors (Lipinski definition) is 7. The third-order valence-corrected chi connectivity index (χ3v) is 5.59. The summed E-state index contributed by atoms with van der Waals surface area (Å²) in [6.45, 7) is 0.431. The normalized spacial score (nSPS) is 36.0. The first-order valence-corrected chi connectivity index (χ1v) is 8.10. The standard InChI is InChI=1S/C16H20N4O4/c1-21-7-16-12(22-2)11(23-15(16)4-5-15)14(24-16)20-8-19-10-9(17)3-6-18-13(10)20/h3,6,8,11-12,14H,4-5,7H2,1-2H3,(H2,17,18)/t11?,12?,14-,16-/m1/s1. The molecule has 1 saturated carbocycles. The molecule has 4 heterocycles. The average molecular weight is 332 g/mol. The maximum absolute atomic E-state index is 6.53. The van der Waals surface area contributed by atoms with Crippen LogP contribution < -0.4 is 5.73 Å². The summed E-state index contributed by atoms with van der Waals surface area (Å²) in [5, 5.41) is 0. The van der Waals surface area contributed by atoms with Crippen LogP contribution in [-0.4, -0.2) is 58.8 Å². The van der Waals surface area contributed by atoms with Crippen molar-refractivity contribution < 1.29 is 18.9 Å². The lowest BCUT2D eigenvalue weighted by Crippen LogP contribution is -2.53. The summed E-state index contributed by atoms with van der Waals surface area (Å²) >= 11 is 0. The molecule has 2 bridgehead atoms. The molecule has 0 radical (unpaired) electrons. The summed E-state index contributed by atoms with van der Waals surface area (Å²) in [5.41, 5.74) is 7.06. The summed E-state index contributed by atoms with van der Waals surface area (Å²) in [5.74, 6) is 0. The number of rotatable bonds is 4. The minimum atomic E-state index is -0.594. The molecule has 24 heavy (non-hydrogen) atoms. The van der Waals surface area contributed by atoms with Crippen molar-refractivity contribution in [2.75, 3.05) is 26.6 Å². The van der Waals surface area contributed by atoms with E-state index in [4.69, 9.17) is 24.7 Å². The van der Waals surface area contributed by atoms with Gasteiger partial charge in [0, 0.05) is 20.4 Å². The van der Waals surface area contributed by atoms with E-state index >= 15 is 0 Å². The molecule has 5 rings (SSSR count). The molecular weight excluding hydrogens is 312 g/mol. The number of nitrogens with two attached hydrogens (primary N) is 1. The van der Waals surface area contributed by atoms with Gasteiger partial charge >= 0.3 is 0 Å². The number of fused-ring (bicyclic) bond motifs is 4. The molecule has 3 aliphatic rings. The molecule has 3 fully saturated rings. The van der Waals surface area contributed by atoms with Gasteiger partial charge in [-0.05, 0) is 18.9 Å². The highest BCUT2D eigenvalue weighted by Crippen LogP contribution is 2.65. The van der Waals surface area contributed by atoms with E-state index in [9.17, 15) is 0 Å². The highest BCUT2D eigenvalue weighted by molar-refractivity contribution is 5.83. The second-order valence-corrected chi connectivity index (χ2v) is 6.79. The van der Waals surface area contributed by atoms with Crippen LogP contribution in [0.4, 0.5) is 5.69 Å². The molecule has 2 aromatic rings. The fourth-order valence-corrected chi connectivity index (χ4v) is 4.41. The highest BCUT2D eigenvalue weighted by Gasteiger charge is 2.79. The van der Waals surface area contributed by atoms with Crippen molar-refractivity contribution in [1.82, 2.24) is 14.5 Å². The second-order valence-electron chi connectivity index (χ2n) is 6.79. The fourth-order valence-electron chi connectivity index (χ4n) is 4.41. The van der Waals surface area contributed by atoms with Crippen LogP contribution >= 0.6 is 0 Å². The Morgan fingerprint density at radius 2 is 2.17 bits per heavy atom. The van der Waals surface area contributed by atoms with E-state index in [0.29, 0.717) is 23.5 Å². The number of anilines is 1. The lowest BCUT2D eigenvalue weighted by Gasteiger charge is -2.38. The Hall–Kier alpha value is -1.74. The van der Waals surface area contributed by atoms with E-state index < -0.39 is 5.60 Å². The van der Waals surface area contributed by atoms with Crippen LogP contribution in [0.15, 0.2) is 18.6 Å². The third-order valence-electron chi connectivity index (χ3n) is 5.59. The minimum absolute atomic E-state index is 0.191. The Kier molecular flexibility index (Phi) is 2.83. The molecular formula is C16H20N4O4. The Labute approximate surface area is 138 Å². The van der Waals surface area contributed by atoms with Gasteiger partial charge in [0.1, 0.15) is 23.3 Å². The molecule has 0 aromatic carbocycles. The number of ether oxygens (including phenoxy) is 4. The molecule has 4 atom stereocenters. The number of nitrogens with zero attached hydrogens (tertiary/aromatic N) is 3. The molecule has 2 aliphatic heterocycles. The number of pyridine rings is 1. The van der Waals surface area contributed by atoms with Gasteiger partial charge in [0.05, 0.1) is 18.6 Å². The zero-order valence-electron chi connectivity index (χ0n) is 13.6. The molecule has 2 unspecified atom stereocenters.